The number of rotatable bonds is 5. The molecule has 0 unspecified atom stereocenters. The molecule has 0 saturated heterocycles. The Morgan fingerprint density at radius 3 is 2.53 bits per heavy atom. The lowest BCUT2D eigenvalue weighted by Gasteiger charge is -2.40. The minimum atomic E-state index is 0.244. The van der Waals surface area contributed by atoms with Crippen LogP contribution in [0.5, 0.6) is 0 Å². The van der Waals surface area contributed by atoms with E-state index >= 15 is 0 Å². The summed E-state index contributed by atoms with van der Waals surface area (Å²) in [5.74, 6) is 0. The molecule has 17 heavy (non-hydrogen) atoms. The fourth-order valence-corrected chi connectivity index (χ4v) is 2.82. The lowest BCUT2D eigenvalue weighted by molar-refractivity contribution is 0.217. The van der Waals surface area contributed by atoms with Crippen LogP contribution in [0.3, 0.4) is 0 Å². The molecule has 0 atom stereocenters. The van der Waals surface area contributed by atoms with Crippen molar-refractivity contribution < 1.29 is 0 Å². The standard InChI is InChI=1S/C14H18N2S/c1-5-11-12(6-2)17-13(16-11)15-10(3)14(4)8-7-9-14/h5-6H,1-3,7-9H2,4H3,(H,15,16). The monoisotopic (exact) mass is 246 g/mol. The van der Waals surface area contributed by atoms with Gasteiger partial charge < -0.3 is 5.32 Å². The summed E-state index contributed by atoms with van der Waals surface area (Å²) >= 11 is 1.59. The largest absolute Gasteiger partial charge is 0.335 e. The van der Waals surface area contributed by atoms with Crippen LogP contribution in [0.2, 0.25) is 0 Å². The molecule has 1 aromatic rings. The van der Waals surface area contributed by atoms with Crippen molar-refractivity contribution in [1.82, 2.24) is 4.98 Å². The first-order valence-electron chi connectivity index (χ1n) is 5.81. The number of thiazole rings is 1. The molecular weight excluding hydrogens is 228 g/mol. The molecule has 0 radical (unpaired) electrons. The number of nitrogens with one attached hydrogen (secondary N) is 1. The molecule has 0 amide bonds. The van der Waals surface area contributed by atoms with Gasteiger partial charge in [0.25, 0.3) is 0 Å². The SMILES string of the molecule is C=Cc1nc(NC(=C)C2(C)CCC2)sc1C=C. The van der Waals surface area contributed by atoms with Gasteiger partial charge in [-0.15, -0.1) is 0 Å². The van der Waals surface area contributed by atoms with E-state index in [1.165, 1.54) is 19.3 Å². The molecule has 3 heteroatoms. The summed E-state index contributed by atoms with van der Waals surface area (Å²) in [4.78, 5) is 5.52. The van der Waals surface area contributed by atoms with Gasteiger partial charge in [0.2, 0.25) is 0 Å². The van der Waals surface area contributed by atoms with Gasteiger partial charge in [0.05, 0.1) is 10.6 Å². The summed E-state index contributed by atoms with van der Waals surface area (Å²) in [7, 11) is 0. The third-order valence-corrected chi connectivity index (χ3v) is 4.49. The Kier molecular flexibility index (Phi) is 3.20. The quantitative estimate of drug-likeness (QED) is 0.824. The van der Waals surface area contributed by atoms with Gasteiger partial charge in [0.1, 0.15) is 0 Å². The molecule has 2 nitrogen and oxygen atoms in total. The zero-order valence-electron chi connectivity index (χ0n) is 10.3. The predicted molar refractivity (Wildman–Crippen MR) is 77.0 cm³/mol. The highest BCUT2D eigenvalue weighted by molar-refractivity contribution is 7.16. The fraction of sp³-hybridized carbons (Fsp3) is 0.357. The number of allylic oxidation sites excluding steroid dienone is 1. The Bertz CT molecular complexity index is 441. The molecule has 1 fully saturated rings. The number of aromatic nitrogens is 1. The Morgan fingerprint density at radius 2 is 2.12 bits per heavy atom. The van der Waals surface area contributed by atoms with E-state index in [9.17, 15) is 0 Å². The summed E-state index contributed by atoms with van der Waals surface area (Å²) in [5, 5.41) is 4.21. The number of anilines is 1. The van der Waals surface area contributed by atoms with E-state index in [1.807, 2.05) is 6.08 Å². The summed E-state index contributed by atoms with van der Waals surface area (Å²) in [5.41, 5.74) is 2.21. The van der Waals surface area contributed by atoms with Crippen molar-refractivity contribution in [3.63, 3.8) is 0 Å². The number of nitrogens with zero attached hydrogens (tertiary/aromatic N) is 1. The molecule has 0 spiro atoms. The van der Waals surface area contributed by atoms with E-state index in [0.29, 0.717) is 0 Å². The van der Waals surface area contributed by atoms with Crippen LogP contribution >= 0.6 is 11.3 Å². The summed E-state index contributed by atoms with van der Waals surface area (Å²) in [6.45, 7) is 13.9. The van der Waals surface area contributed by atoms with Crippen LogP contribution in [-0.4, -0.2) is 4.98 Å². The zero-order chi connectivity index (χ0) is 12.5. The van der Waals surface area contributed by atoms with Gasteiger partial charge in [-0.2, -0.15) is 0 Å². The van der Waals surface area contributed by atoms with Crippen molar-refractivity contribution in [3.05, 3.63) is 36.0 Å². The lowest BCUT2D eigenvalue weighted by atomic mass is 9.68. The molecule has 1 aromatic heterocycles. The smallest absolute Gasteiger partial charge is 0.188 e. The molecule has 1 aliphatic rings. The van der Waals surface area contributed by atoms with Crippen LogP contribution in [0.4, 0.5) is 5.13 Å². The van der Waals surface area contributed by atoms with Gasteiger partial charge in [0.15, 0.2) is 5.13 Å². The minimum Gasteiger partial charge on any atom is -0.335 e. The van der Waals surface area contributed by atoms with Crippen LogP contribution in [0.25, 0.3) is 12.2 Å². The van der Waals surface area contributed by atoms with Gasteiger partial charge in [0, 0.05) is 11.1 Å². The van der Waals surface area contributed by atoms with Crippen molar-refractivity contribution in [3.8, 4) is 0 Å². The normalized spacial score (nSPS) is 17.0. The van der Waals surface area contributed by atoms with Gasteiger partial charge >= 0.3 is 0 Å². The molecule has 0 aliphatic heterocycles. The van der Waals surface area contributed by atoms with E-state index in [2.05, 4.69) is 37.0 Å². The Morgan fingerprint density at radius 1 is 1.41 bits per heavy atom. The van der Waals surface area contributed by atoms with E-state index in [1.54, 1.807) is 17.4 Å². The first-order chi connectivity index (χ1) is 8.09. The van der Waals surface area contributed by atoms with Gasteiger partial charge in [-0.05, 0) is 25.0 Å². The highest BCUT2D eigenvalue weighted by atomic mass is 32.1. The highest BCUT2D eigenvalue weighted by Gasteiger charge is 2.35. The Hall–Kier alpha value is -1.35. The van der Waals surface area contributed by atoms with Crippen LogP contribution in [-0.2, 0) is 0 Å². The van der Waals surface area contributed by atoms with E-state index in [4.69, 9.17) is 0 Å². The highest BCUT2D eigenvalue weighted by Crippen LogP contribution is 2.46. The van der Waals surface area contributed by atoms with Crippen molar-refractivity contribution in [2.45, 2.75) is 26.2 Å². The number of hydrogen-bond acceptors (Lipinski definition) is 3. The molecule has 1 aliphatic carbocycles. The first kappa shape index (κ1) is 12.1. The topological polar surface area (TPSA) is 24.9 Å². The number of hydrogen-bond donors (Lipinski definition) is 1. The van der Waals surface area contributed by atoms with Crippen LogP contribution < -0.4 is 5.32 Å². The average molecular weight is 246 g/mol. The minimum absolute atomic E-state index is 0.244. The second kappa shape index (κ2) is 4.49. The van der Waals surface area contributed by atoms with Gasteiger partial charge in [-0.1, -0.05) is 44.4 Å². The van der Waals surface area contributed by atoms with Gasteiger partial charge in [-0.25, -0.2) is 4.98 Å². The molecule has 90 valence electrons. The molecule has 0 bridgehead atoms. The molecule has 1 N–H and O–H groups in total. The van der Waals surface area contributed by atoms with Gasteiger partial charge in [-0.3, -0.25) is 0 Å². The third kappa shape index (κ3) is 2.20. The average Bonchev–Trinajstić information content (AvgIpc) is 2.67. The second-order valence-corrected chi connectivity index (χ2v) is 5.73. The van der Waals surface area contributed by atoms with Crippen molar-refractivity contribution in [2.24, 2.45) is 5.41 Å². The Balaban J connectivity index is 2.13. The van der Waals surface area contributed by atoms with E-state index in [0.717, 1.165) is 21.4 Å². The maximum atomic E-state index is 4.47. The molecule has 1 heterocycles. The fourth-order valence-electron chi connectivity index (χ4n) is 1.98. The second-order valence-electron chi connectivity index (χ2n) is 4.69. The van der Waals surface area contributed by atoms with Crippen molar-refractivity contribution in [1.29, 1.82) is 0 Å². The first-order valence-corrected chi connectivity index (χ1v) is 6.63. The van der Waals surface area contributed by atoms with E-state index in [-0.39, 0.29) is 5.41 Å². The summed E-state index contributed by atoms with van der Waals surface area (Å²) in [6, 6.07) is 0. The maximum absolute atomic E-state index is 4.47. The molecule has 1 saturated carbocycles. The molecular formula is C14H18N2S. The van der Waals surface area contributed by atoms with E-state index < -0.39 is 0 Å². The van der Waals surface area contributed by atoms with Crippen LogP contribution in [0.15, 0.2) is 25.4 Å². The predicted octanol–water partition coefficient (Wildman–Crippen LogP) is 4.54. The lowest BCUT2D eigenvalue weighted by Crippen LogP contribution is -2.30. The zero-order valence-corrected chi connectivity index (χ0v) is 11.1. The van der Waals surface area contributed by atoms with Crippen LogP contribution in [0.1, 0.15) is 36.8 Å². The molecule has 2 rings (SSSR count). The van der Waals surface area contributed by atoms with Crippen molar-refractivity contribution >= 4 is 28.6 Å². The third-order valence-electron chi connectivity index (χ3n) is 3.50. The maximum Gasteiger partial charge on any atom is 0.188 e. The molecule has 0 aromatic carbocycles. The van der Waals surface area contributed by atoms with Crippen molar-refractivity contribution in [2.75, 3.05) is 5.32 Å². The summed E-state index contributed by atoms with van der Waals surface area (Å²) < 4.78 is 0. The van der Waals surface area contributed by atoms with Crippen LogP contribution in [0, 0.1) is 5.41 Å². The Labute approximate surface area is 107 Å². The summed E-state index contributed by atoms with van der Waals surface area (Å²) in [6.07, 6.45) is 7.30.